The molecule has 7 heteroatoms. The minimum Gasteiger partial charge on any atom is -0.469 e. The van der Waals surface area contributed by atoms with Gasteiger partial charge in [0.2, 0.25) is 5.91 Å². The zero-order valence-corrected chi connectivity index (χ0v) is 18.5. The number of esters is 1. The first-order valence-electron chi connectivity index (χ1n) is 10.1. The second-order valence-electron chi connectivity index (χ2n) is 9.04. The van der Waals surface area contributed by atoms with Gasteiger partial charge in [-0.25, -0.2) is 14.5 Å². The van der Waals surface area contributed by atoms with Crippen molar-refractivity contribution in [3.05, 3.63) is 65.7 Å². The minimum atomic E-state index is -0.853. The van der Waals surface area contributed by atoms with Gasteiger partial charge in [-0.05, 0) is 64.4 Å². The van der Waals surface area contributed by atoms with E-state index in [9.17, 15) is 14.4 Å². The van der Waals surface area contributed by atoms with Crippen LogP contribution in [0.15, 0.2) is 54.6 Å². The maximum atomic E-state index is 12.6. The van der Waals surface area contributed by atoms with Crippen LogP contribution < -0.4 is 10.1 Å². The summed E-state index contributed by atoms with van der Waals surface area (Å²) in [4.78, 5) is 38.4. The van der Waals surface area contributed by atoms with Crippen LogP contribution in [0.2, 0.25) is 0 Å². The summed E-state index contributed by atoms with van der Waals surface area (Å²) in [6, 6.07) is 15.4. The molecule has 7 nitrogen and oxygen atoms in total. The summed E-state index contributed by atoms with van der Waals surface area (Å²) in [6.45, 7) is 9.17. The lowest BCUT2D eigenvalue weighted by Gasteiger charge is -2.50. The van der Waals surface area contributed by atoms with Gasteiger partial charge in [-0.15, -0.1) is 0 Å². The molecule has 0 radical (unpaired) electrons. The van der Waals surface area contributed by atoms with E-state index in [1.165, 1.54) is 0 Å². The number of ether oxygens (including phenoxy) is 2. The summed E-state index contributed by atoms with van der Waals surface area (Å²) in [5, 5.41) is 2.76. The largest absolute Gasteiger partial charge is 0.469 e. The molecule has 0 spiro atoms. The fourth-order valence-electron chi connectivity index (χ4n) is 3.17. The van der Waals surface area contributed by atoms with Crippen LogP contribution in [0, 0.1) is 5.41 Å². The number of nitrogens with zero attached hydrogens (tertiary/aromatic N) is 1. The molecule has 0 aliphatic carbocycles. The second-order valence-corrected chi connectivity index (χ2v) is 9.04. The number of likely N-dealkylation sites (tertiary alicyclic amines) is 1. The highest BCUT2D eigenvalue weighted by molar-refractivity contribution is 6.03. The molecule has 0 saturated carbocycles. The van der Waals surface area contributed by atoms with Crippen molar-refractivity contribution in [1.29, 1.82) is 0 Å². The first-order valence-corrected chi connectivity index (χ1v) is 10.1. The Morgan fingerprint density at radius 3 is 2.23 bits per heavy atom. The first kappa shape index (κ1) is 22.3. The zero-order chi connectivity index (χ0) is 22.8. The molecule has 2 aromatic carbocycles. The maximum absolute atomic E-state index is 12.6. The van der Waals surface area contributed by atoms with Crippen molar-refractivity contribution in [1.82, 2.24) is 10.2 Å². The van der Waals surface area contributed by atoms with Crippen LogP contribution in [0.4, 0.5) is 4.79 Å². The van der Waals surface area contributed by atoms with Crippen molar-refractivity contribution in [3.8, 4) is 5.75 Å². The number of rotatable bonds is 5. The number of hydrogen-bond donors (Lipinski definition) is 1. The molecule has 0 aromatic heterocycles. The summed E-state index contributed by atoms with van der Waals surface area (Å²) in [6.07, 6.45) is -0.761. The number of urea groups is 1. The first-order chi connectivity index (χ1) is 14.5. The van der Waals surface area contributed by atoms with Crippen LogP contribution in [0.5, 0.6) is 5.75 Å². The molecule has 1 aliphatic rings. The van der Waals surface area contributed by atoms with E-state index in [1.54, 1.807) is 58.9 Å². The van der Waals surface area contributed by atoms with E-state index >= 15 is 0 Å². The average Bonchev–Trinajstić information content (AvgIpc) is 2.71. The summed E-state index contributed by atoms with van der Waals surface area (Å²) >= 11 is 0. The van der Waals surface area contributed by atoms with Crippen molar-refractivity contribution < 1.29 is 23.9 Å². The van der Waals surface area contributed by atoms with Crippen LogP contribution >= 0.6 is 0 Å². The molecule has 1 saturated heterocycles. The third kappa shape index (κ3) is 5.05. The maximum Gasteiger partial charge on any atom is 0.338 e. The third-order valence-electron chi connectivity index (χ3n) is 4.86. The second kappa shape index (κ2) is 8.41. The Labute approximate surface area is 182 Å². The Morgan fingerprint density at radius 1 is 1.03 bits per heavy atom. The smallest absolute Gasteiger partial charge is 0.338 e. The van der Waals surface area contributed by atoms with Crippen LogP contribution in [0.1, 0.15) is 50.5 Å². The molecular weight excluding hydrogens is 396 g/mol. The lowest BCUT2D eigenvalue weighted by atomic mass is 9.80. The minimum absolute atomic E-state index is 0.307. The SMILES string of the molecule is CC(C)(C)OC(=O)c1ccc(OC2N(C(=O)NCc3ccccc3)C(=O)C2(C)C)cc1. The van der Waals surface area contributed by atoms with Gasteiger partial charge in [-0.2, -0.15) is 0 Å². The van der Waals surface area contributed by atoms with Gasteiger partial charge in [-0.1, -0.05) is 30.3 Å². The van der Waals surface area contributed by atoms with Crippen molar-refractivity contribution in [2.75, 3.05) is 0 Å². The Kier molecular flexibility index (Phi) is 6.06. The normalized spacial score (nSPS) is 17.5. The van der Waals surface area contributed by atoms with Gasteiger partial charge in [0.05, 0.1) is 5.56 Å². The number of carbonyl (C=O) groups excluding carboxylic acids is 3. The van der Waals surface area contributed by atoms with E-state index in [0.717, 1.165) is 10.5 Å². The molecule has 1 heterocycles. The summed E-state index contributed by atoms with van der Waals surface area (Å²) in [5.74, 6) is -0.299. The summed E-state index contributed by atoms with van der Waals surface area (Å²) < 4.78 is 11.3. The van der Waals surface area contributed by atoms with Crippen LogP contribution in [0.3, 0.4) is 0 Å². The van der Waals surface area contributed by atoms with Crippen LogP contribution in [0.25, 0.3) is 0 Å². The highest BCUT2D eigenvalue weighted by Crippen LogP contribution is 2.40. The van der Waals surface area contributed by atoms with Gasteiger partial charge in [0.15, 0.2) is 6.23 Å². The lowest BCUT2D eigenvalue weighted by molar-refractivity contribution is -0.182. The lowest BCUT2D eigenvalue weighted by Crippen LogP contribution is -2.71. The molecule has 3 amide bonds. The number of hydrogen-bond acceptors (Lipinski definition) is 5. The molecule has 1 aliphatic heterocycles. The standard InChI is InChI=1S/C24H28N2O5/c1-23(2,3)31-19(27)17-11-13-18(14-12-17)30-21-24(4,5)20(28)26(21)22(29)25-15-16-9-7-6-8-10-16/h6-14,21H,15H2,1-5H3,(H,25,29). The van der Waals surface area contributed by atoms with E-state index in [1.807, 2.05) is 30.3 Å². The Balaban J connectivity index is 1.66. The molecule has 1 unspecified atom stereocenters. The predicted octanol–water partition coefficient (Wildman–Crippen LogP) is 4.13. The fourth-order valence-corrected chi connectivity index (χ4v) is 3.17. The van der Waals surface area contributed by atoms with Gasteiger partial charge in [-0.3, -0.25) is 4.79 Å². The number of imide groups is 1. The monoisotopic (exact) mass is 424 g/mol. The van der Waals surface area contributed by atoms with Gasteiger partial charge < -0.3 is 14.8 Å². The number of benzene rings is 2. The number of amides is 3. The third-order valence-corrected chi connectivity index (χ3v) is 4.86. The summed E-state index contributed by atoms with van der Waals surface area (Å²) in [5.41, 5.74) is -0.119. The quantitative estimate of drug-likeness (QED) is 0.576. The van der Waals surface area contributed by atoms with E-state index in [2.05, 4.69) is 5.32 Å². The van der Waals surface area contributed by atoms with Crippen LogP contribution in [-0.2, 0) is 16.1 Å². The molecular formula is C24H28N2O5. The highest BCUT2D eigenvalue weighted by atomic mass is 16.6. The van der Waals surface area contributed by atoms with Crippen molar-refractivity contribution >= 4 is 17.9 Å². The molecule has 1 atom stereocenters. The van der Waals surface area contributed by atoms with E-state index in [4.69, 9.17) is 9.47 Å². The highest BCUT2D eigenvalue weighted by Gasteiger charge is 2.59. The van der Waals surface area contributed by atoms with Crippen molar-refractivity contribution in [3.63, 3.8) is 0 Å². The number of β-lactam (4-membered cyclic amide) rings is 1. The molecule has 164 valence electrons. The van der Waals surface area contributed by atoms with E-state index < -0.39 is 29.2 Å². The molecule has 1 fully saturated rings. The molecule has 3 rings (SSSR count). The topological polar surface area (TPSA) is 84.9 Å². The Bertz CT molecular complexity index is 962. The van der Waals surface area contributed by atoms with Crippen LogP contribution in [-0.4, -0.2) is 34.6 Å². The number of carbonyl (C=O) groups is 3. The van der Waals surface area contributed by atoms with E-state index in [0.29, 0.717) is 17.9 Å². The van der Waals surface area contributed by atoms with Gasteiger partial charge >= 0.3 is 12.0 Å². The van der Waals surface area contributed by atoms with E-state index in [-0.39, 0.29) is 5.91 Å². The zero-order valence-electron chi connectivity index (χ0n) is 18.5. The Morgan fingerprint density at radius 2 is 1.65 bits per heavy atom. The van der Waals surface area contributed by atoms with Gasteiger partial charge in [0.1, 0.15) is 16.8 Å². The predicted molar refractivity (Wildman–Crippen MR) is 115 cm³/mol. The fraction of sp³-hybridized carbons (Fsp3) is 0.375. The molecule has 1 N–H and O–H groups in total. The Hall–Kier alpha value is -3.35. The van der Waals surface area contributed by atoms with Crippen molar-refractivity contribution in [2.24, 2.45) is 5.41 Å². The summed E-state index contributed by atoms with van der Waals surface area (Å²) in [7, 11) is 0. The molecule has 31 heavy (non-hydrogen) atoms. The number of nitrogens with one attached hydrogen (secondary N) is 1. The molecule has 2 aromatic rings. The van der Waals surface area contributed by atoms with Gasteiger partial charge in [0.25, 0.3) is 0 Å². The van der Waals surface area contributed by atoms with Crippen molar-refractivity contribution in [2.45, 2.75) is 53.0 Å². The average molecular weight is 424 g/mol. The molecule has 0 bridgehead atoms. The van der Waals surface area contributed by atoms with Gasteiger partial charge in [0, 0.05) is 6.54 Å².